The third kappa shape index (κ3) is 7.45. The van der Waals surface area contributed by atoms with Gasteiger partial charge in [0.25, 0.3) is 0 Å². The Balaban J connectivity index is 0.000000303. The van der Waals surface area contributed by atoms with Crippen LogP contribution in [0.1, 0.15) is 64.5 Å². The Morgan fingerprint density at radius 2 is 1.37 bits per heavy atom. The third-order valence-electron chi connectivity index (χ3n) is 2.65. The number of rotatable bonds is 2. The monoisotopic (exact) mass is 260 g/mol. The lowest BCUT2D eigenvalue weighted by Crippen LogP contribution is -1.83. The van der Waals surface area contributed by atoms with E-state index >= 15 is 0 Å². The SMILES string of the molecule is CC.CC(C)c1ccccc1.CC(C)c1cn[nH]c1. The fourth-order valence-electron chi connectivity index (χ4n) is 1.41. The van der Waals surface area contributed by atoms with Gasteiger partial charge in [-0.2, -0.15) is 5.10 Å². The molecule has 2 nitrogen and oxygen atoms in total. The van der Waals surface area contributed by atoms with Crippen molar-refractivity contribution in [1.82, 2.24) is 10.2 Å². The quantitative estimate of drug-likeness (QED) is 0.772. The number of aromatic nitrogens is 2. The summed E-state index contributed by atoms with van der Waals surface area (Å²) in [6.45, 7) is 12.7. The topological polar surface area (TPSA) is 28.7 Å². The molecule has 0 fully saturated rings. The van der Waals surface area contributed by atoms with Gasteiger partial charge in [-0.05, 0) is 23.0 Å². The molecular weight excluding hydrogens is 232 g/mol. The molecule has 1 aromatic carbocycles. The Morgan fingerprint density at radius 1 is 0.842 bits per heavy atom. The van der Waals surface area contributed by atoms with E-state index in [1.54, 1.807) is 0 Å². The molecule has 0 aliphatic heterocycles. The summed E-state index contributed by atoms with van der Waals surface area (Å²) in [4.78, 5) is 0. The van der Waals surface area contributed by atoms with Crippen molar-refractivity contribution in [1.29, 1.82) is 0 Å². The first-order valence-electron chi connectivity index (χ1n) is 7.15. The Morgan fingerprint density at radius 3 is 1.63 bits per heavy atom. The summed E-state index contributed by atoms with van der Waals surface area (Å²) in [5.41, 5.74) is 2.68. The summed E-state index contributed by atoms with van der Waals surface area (Å²) in [5.74, 6) is 1.25. The number of H-pyrrole nitrogens is 1. The molecule has 0 bridgehead atoms. The van der Waals surface area contributed by atoms with Crippen LogP contribution in [-0.4, -0.2) is 10.2 Å². The molecule has 0 atom stereocenters. The largest absolute Gasteiger partial charge is 0.285 e. The van der Waals surface area contributed by atoms with Crippen LogP contribution in [0.15, 0.2) is 42.7 Å². The number of aromatic amines is 1. The first-order chi connectivity index (χ1) is 9.11. The molecule has 106 valence electrons. The van der Waals surface area contributed by atoms with E-state index in [9.17, 15) is 0 Å². The lowest BCUT2D eigenvalue weighted by molar-refractivity contribution is 0.867. The average Bonchev–Trinajstić information content (AvgIpc) is 2.97. The minimum atomic E-state index is 0.591. The Bertz CT molecular complexity index is 388. The Labute approximate surface area is 118 Å². The first-order valence-corrected chi connectivity index (χ1v) is 7.15. The maximum atomic E-state index is 3.82. The van der Waals surface area contributed by atoms with Crippen LogP contribution < -0.4 is 0 Å². The zero-order chi connectivity index (χ0) is 14.7. The van der Waals surface area contributed by atoms with Crippen LogP contribution in [0.5, 0.6) is 0 Å². The molecule has 0 saturated carbocycles. The molecule has 2 rings (SSSR count). The van der Waals surface area contributed by atoms with Crippen molar-refractivity contribution in [2.75, 3.05) is 0 Å². The van der Waals surface area contributed by atoms with E-state index in [2.05, 4.69) is 62.2 Å². The van der Waals surface area contributed by atoms with Crippen LogP contribution >= 0.6 is 0 Å². The molecule has 0 aliphatic rings. The molecule has 0 spiro atoms. The zero-order valence-electron chi connectivity index (χ0n) is 13.1. The van der Waals surface area contributed by atoms with Gasteiger partial charge in [0.05, 0.1) is 6.20 Å². The molecule has 0 aliphatic carbocycles. The van der Waals surface area contributed by atoms with Gasteiger partial charge in [0.2, 0.25) is 0 Å². The molecule has 2 aromatic rings. The predicted molar refractivity (Wildman–Crippen MR) is 84.6 cm³/mol. The van der Waals surface area contributed by atoms with E-state index in [0.717, 1.165) is 0 Å². The number of benzene rings is 1. The van der Waals surface area contributed by atoms with Crippen LogP contribution in [0.2, 0.25) is 0 Å². The maximum absolute atomic E-state index is 3.82. The fraction of sp³-hybridized carbons (Fsp3) is 0.471. The van der Waals surface area contributed by atoms with Crippen LogP contribution in [-0.2, 0) is 0 Å². The van der Waals surface area contributed by atoms with Crippen LogP contribution in [0, 0.1) is 0 Å². The first kappa shape index (κ1) is 17.4. The minimum absolute atomic E-state index is 0.591. The summed E-state index contributed by atoms with van der Waals surface area (Å²) in [7, 11) is 0. The molecule has 1 aromatic heterocycles. The summed E-state index contributed by atoms with van der Waals surface area (Å²) < 4.78 is 0. The lowest BCUT2D eigenvalue weighted by Gasteiger charge is -2.01. The minimum Gasteiger partial charge on any atom is -0.285 e. The fourth-order valence-corrected chi connectivity index (χ4v) is 1.41. The van der Waals surface area contributed by atoms with Gasteiger partial charge in [-0.15, -0.1) is 0 Å². The van der Waals surface area contributed by atoms with Crippen molar-refractivity contribution in [3.63, 3.8) is 0 Å². The maximum Gasteiger partial charge on any atom is 0.0521 e. The van der Waals surface area contributed by atoms with Crippen molar-refractivity contribution in [2.24, 2.45) is 0 Å². The molecule has 1 N–H and O–H groups in total. The van der Waals surface area contributed by atoms with E-state index in [1.807, 2.05) is 32.3 Å². The Hall–Kier alpha value is -1.57. The van der Waals surface area contributed by atoms with Gasteiger partial charge in [0, 0.05) is 6.20 Å². The lowest BCUT2D eigenvalue weighted by atomic mass is 10.0. The van der Waals surface area contributed by atoms with Crippen molar-refractivity contribution in [3.05, 3.63) is 53.9 Å². The molecule has 0 amide bonds. The summed E-state index contributed by atoms with van der Waals surface area (Å²) in [6, 6.07) is 10.5. The van der Waals surface area contributed by atoms with E-state index in [0.29, 0.717) is 11.8 Å². The molecule has 2 heteroatoms. The van der Waals surface area contributed by atoms with E-state index in [4.69, 9.17) is 0 Å². The van der Waals surface area contributed by atoms with Crippen LogP contribution in [0.3, 0.4) is 0 Å². The van der Waals surface area contributed by atoms with E-state index < -0.39 is 0 Å². The molecule has 0 radical (unpaired) electrons. The van der Waals surface area contributed by atoms with Gasteiger partial charge in [0.15, 0.2) is 0 Å². The molecule has 0 saturated heterocycles. The van der Waals surface area contributed by atoms with Gasteiger partial charge in [-0.25, -0.2) is 0 Å². The number of hydrogen-bond acceptors (Lipinski definition) is 1. The Kier molecular flexibility index (Phi) is 9.51. The van der Waals surface area contributed by atoms with Gasteiger partial charge in [0.1, 0.15) is 0 Å². The van der Waals surface area contributed by atoms with Crippen molar-refractivity contribution in [3.8, 4) is 0 Å². The third-order valence-corrected chi connectivity index (χ3v) is 2.65. The highest BCUT2D eigenvalue weighted by Crippen LogP contribution is 2.11. The van der Waals surface area contributed by atoms with Crippen LogP contribution in [0.4, 0.5) is 0 Å². The standard InChI is InChI=1S/C9H12.C6H10N2.C2H6/c1-8(2)9-6-4-3-5-7-9;1-5(2)6-3-7-8-4-6;1-2/h3-8H,1-2H3;3-5H,1-2H3,(H,7,8);1-2H3. The molecule has 0 unspecified atom stereocenters. The summed E-state index contributed by atoms with van der Waals surface area (Å²) >= 11 is 0. The molecule has 19 heavy (non-hydrogen) atoms. The number of nitrogens with one attached hydrogen (secondary N) is 1. The highest BCUT2D eigenvalue weighted by Gasteiger charge is 1.96. The van der Waals surface area contributed by atoms with E-state index in [1.165, 1.54) is 11.1 Å². The smallest absolute Gasteiger partial charge is 0.0521 e. The molecular formula is C17H28N2. The van der Waals surface area contributed by atoms with Gasteiger partial charge in [-0.3, -0.25) is 5.10 Å². The predicted octanol–water partition coefficient (Wildman–Crippen LogP) is 5.37. The van der Waals surface area contributed by atoms with Crippen molar-refractivity contribution < 1.29 is 0 Å². The van der Waals surface area contributed by atoms with Gasteiger partial charge < -0.3 is 0 Å². The highest BCUT2D eigenvalue weighted by atomic mass is 15.1. The average molecular weight is 260 g/mol. The highest BCUT2D eigenvalue weighted by molar-refractivity contribution is 5.17. The van der Waals surface area contributed by atoms with Crippen molar-refractivity contribution >= 4 is 0 Å². The van der Waals surface area contributed by atoms with Gasteiger partial charge in [-0.1, -0.05) is 71.9 Å². The summed E-state index contributed by atoms with van der Waals surface area (Å²) in [6.07, 6.45) is 3.77. The number of nitrogens with zero attached hydrogens (tertiary/aromatic N) is 1. The normalized spacial score (nSPS) is 9.47. The molecule has 1 heterocycles. The van der Waals surface area contributed by atoms with Crippen LogP contribution in [0.25, 0.3) is 0 Å². The zero-order valence-corrected chi connectivity index (χ0v) is 13.1. The second-order valence-electron chi connectivity index (χ2n) is 4.75. The number of hydrogen-bond donors (Lipinski definition) is 1. The summed E-state index contributed by atoms with van der Waals surface area (Å²) in [5, 5.41) is 6.58. The second-order valence-corrected chi connectivity index (χ2v) is 4.75. The van der Waals surface area contributed by atoms with Crippen molar-refractivity contribution in [2.45, 2.75) is 53.4 Å². The second kappa shape index (κ2) is 10.4. The van der Waals surface area contributed by atoms with E-state index in [-0.39, 0.29) is 0 Å². The van der Waals surface area contributed by atoms with Gasteiger partial charge >= 0.3 is 0 Å².